The Bertz CT molecular complexity index is 387. The number of hydrogen-bond acceptors (Lipinski definition) is 2. The predicted octanol–water partition coefficient (Wildman–Crippen LogP) is 6.25. The van der Waals surface area contributed by atoms with Gasteiger partial charge in [-0.05, 0) is 6.42 Å². The van der Waals surface area contributed by atoms with Crippen LogP contribution in [0.15, 0.2) is 0 Å². The van der Waals surface area contributed by atoms with Crippen LogP contribution in [0.25, 0.3) is 0 Å². The van der Waals surface area contributed by atoms with Crippen LogP contribution < -0.4 is 0 Å². The van der Waals surface area contributed by atoms with Crippen LogP contribution in [0, 0.1) is 0 Å². The van der Waals surface area contributed by atoms with Crippen molar-refractivity contribution in [3.8, 4) is 0 Å². The summed E-state index contributed by atoms with van der Waals surface area (Å²) in [5.41, 5.74) is 0. The number of thiophene rings is 1. The van der Waals surface area contributed by atoms with E-state index in [4.69, 9.17) is 34.8 Å². The molecule has 0 spiro atoms. The van der Waals surface area contributed by atoms with Gasteiger partial charge in [0.25, 0.3) is 0 Å². The van der Waals surface area contributed by atoms with E-state index in [9.17, 15) is 4.79 Å². The number of halogens is 3. The van der Waals surface area contributed by atoms with Gasteiger partial charge in [-0.3, -0.25) is 4.79 Å². The first-order chi connectivity index (χ1) is 8.07. The standard InChI is InChI=1S/C12H15Cl3OS/c1-2-3-4-5-6-7-8(16)11-9(13)10(14)12(15)17-11/h2-7H2,1H3. The molecule has 0 bridgehead atoms. The molecule has 0 fully saturated rings. The van der Waals surface area contributed by atoms with Crippen molar-refractivity contribution in [2.45, 2.75) is 45.4 Å². The average Bonchev–Trinajstić information content (AvgIpc) is 2.56. The number of Topliss-reactive ketones (excluding diaryl/α,β-unsaturated/α-hetero) is 1. The lowest BCUT2D eigenvalue weighted by Gasteiger charge is -1.99. The molecule has 0 N–H and O–H groups in total. The molecule has 17 heavy (non-hydrogen) atoms. The Kier molecular flexibility index (Phi) is 6.86. The lowest BCUT2D eigenvalue weighted by Crippen LogP contribution is -1.96. The first-order valence-corrected chi connectivity index (χ1v) is 7.69. The van der Waals surface area contributed by atoms with Crippen LogP contribution >= 0.6 is 46.1 Å². The summed E-state index contributed by atoms with van der Waals surface area (Å²) >= 11 is 18.8. The number of carbonyl (C=O) groups excluding carboxylic acids is 1. The van der Waals surface area contributed by atoms with Crippen LogP contribution in [0.5, 0.6) is 0 Å². The maximum Gasteiger partial charge on any atom is 0.174 e. The minimum atomic E-state index is 0.0466. The van der Waals surface area contributed by atoms with E-state index in [-0.39, 0.29) is 5.78 Å². The van der Waals surface area contributed by atoms with Gasteiger partial charge in [0, 0.05) is 6.42 Å². The second-order valence-electron chi connectivity index (χ2n) is 3.92. The molecule has 0 unspecified atom stereocenters. The number of rotatable bonds is 7. The zero-order valence-electron chi connectivity index (χ0n) is 9.69. The summed E-state index contributed by atoms with van der Waals surface area (Å²) < 4.78 is 0.394. The van der Waals surface area contributed by atoms with E-state index >= 15 is 0 Å². The minimum Gasteiger partial charge on any atom is -0.293 e. The van der Waals surface area contributed by atoms with Crippen molar-refractivity contribution in [3.05, 3.63) is 19.3 Å². The molecule has 0 saturated heterocycles. The lowest BCUT2D eigenvalue weighted by atomic mass is 10.1. The molecule has 0 amide bonds. The Hall–Kier alpha value is 0.240. The highest BCUT2D eigenvalue weighted by atomic mass is 35.5. The molecule has 0 radical (unpaired) electrons. The zero-order chi connectivity index (χ0) is 12.8. The Morgan fingerprint density at radius 1 is 1.06 bits per heavy atom. The number of unbranched alkanes of at least 4 members (excludes halogenated alkanes) is 4. The summed E-state index contributed by atoms with van der Waals surface area (Å²) in [6.45, 7) is 2.17. The molecule has 0 aliphatic carbocycles. The monoisotopic (exact) mass is 312 g/mol. The average molecular weight is 314 g/mol. The van der Waals surface area contributed by atoms with Gasteiger partial charge in [0.05, 0.1) is 14.9 Å². The minimum absolute atomic E-state index is 0.0466. The fourth-order valence-corrected chi connectivity index (χ4v) is 3.34. The second kappa shape index (κ2) is 7.63. The number of carbonyl (C=O) groups is 1. The normalized spacial score (nSPS) is 10.8. The molecule has 0 saturated carbocycles. The highest BCUT2D eigenvalue weighted by Crippen LogP contribution is 2.40. The van der Waals surface area contributed by atoms with Crippen LogP contribution in [0.2, 0.25) is 14.4 Å². The van der Waals surface area contributed by atoms with E-state index in [1.807, 2.05) is 0 Å². The molecule has 0 aliphatic heterocycles. The van der Waals surface area contributed by atoms with E-state index in [0.717, 1.165) is 12.8 Å². The van der Waals surface area contributed by atoms with Crippen molar-refractivity contribution in [3.63, 3.8) is 0 Å². The van der Waals surface area contributed by atoms with Crippen molar-refractivity contribution >= 4 is 51.9 Å². The third kappa shape index (κ3) is 4.44. The molecule has 1 nitrogen and oxygen atoms in total. The van der Waals surface area contributed by atoms with Crippen LogP contribution in [-0.4, -0.2) is 5.78 Å². The summed E-state index contributed by atoms with van der Waals surface area (Å²) in [5.74, 6) is 0.0466. The maximum absolute atomic E-state index is 11.9. The van der Waals surface area contributed by atoms with Gasteiger partial charge in [-0.1, -0.05) is 67.4 Å². The largest absolute Gasteiger partial charge is 0.293 e. The van der Waals surface area contributed by atoms with Gasteiger partial charge in [-0.2, -0.15) is 0 Å². The highest BCUT2D eigenvalue weighted by Gasteiger charge is 2.19. The van der Waals surface area contributed by atoms with Crippen molar-refractivity contribution in [1.82, 2.24) is 0 Å². The molecule has 96 valence electrons. The molecule has 1 aromatic rings. The molecule has 1 heterocycles. The summed E-state index contributed by atoms with van der Waals surface area (Å²) in [6.07, 6.45) is 6.13. The van der Waals surface area contributed by atoms with E-state index in [0.29, 0.717) is 25.7 Å². The van der Waals surface area contributed by atoms with Gasteiger partial charge >= 0.3 is 0 Å². The van der Waals surface area contributed by atoms with Crippen LogP contribution in [0.4, 0.5) is 0 Å². The van der Waals surface area contributed by atoms with E-state index < -0.39 is 0 Å². The molecular weight excluding hydrogens is 299 g/mol. The molecule has 0 aliphatic rings. The lowest BCUT2D eigenvalue weighted by molar-refractivity contribution is 0.0983. The van der Waals surface area contributed by atoms with Crippen LogP contribution in [0.1, 0.15) is 55.1 Å². The summed E-state index contributed by atoms with van der Waals surface area (Å²) in [5, 5.41) is 0.605. The Morgan fingerprint density at radius 2 is 1.71 bits per heavy atom. The first kappa shape index (κ1) is 15.3. The maximum atomic E-state index is 11.9. The fraction of sp³-hybridized carbons (Fsp3) is 0.583. The Morgan fingerprint density at radius 3 is 2.24 bits per heavy atom. The van der Waals surface area contributed by atoms with Crippen molar-refractivity contribution in [2.24, 2.45) is 0 Å². The van der Waals surface area contributed by atoms with Gasteiger partial charge in [0.1, 0.15) is 4.34 Å². The highest BCUT2D eigenvalue weighted by molar-refractivity contribution is 7.19. The predicted molar refractivity (Wildman–Crippen MR) is 77.1 cm³/mol. The smallest absolute Gasteiger partial charge is 0.174 e. The van der Waals surface area contributed by atoms with Crippen LogP contribution in [-0.2, 0) is 0 Å². The SMILES string of the molecule is CCCCCCCC(=O)c1sc(Cl)c(Cl)c1Cl. The fourth-order valence-electron chi connectivity index (χ4n) is 1.55. The van der Waals surface area contributed by atoms with Gasteiger partial charge in [-0.25, -0.2) is 0 Å². The summed E-state index contributed by atoms with van der Waals surface area (Å²) in [7, 11) is 0. The van der Waals surface area contributed by atoms with Gasteiger partial charge in [-0.15, -0.1) is 11.3 Å². The third-order valence-corrected chi connectivity index (χ3v) is 5.13. The van der Waals surface area contributed by atoms with Gasteiger partial charge in [0.15, 0.2) is 5.78 Å². The number of ketones is 1. The Labute approximate surface area is 121 Å². The molecule has 1 rings (SSSR count). The van der Waals surface area contributed by atoms with Crippen LogP contribution in [0.3, 0.4) is 0 Å². The van der Waals surface area contributed by atoms with E-state index in [2.05, 4.69) is 6.92 Å². The molecule has 5 heteroatoms. The summed E-state index contributed by atoms with van der Waals surface area (Å²) in [6, 6.07) is 0. The molecular formula is C12H15Cl3OS. The van der Waals surface area contributed by atoms with Crippen molar-refractivity contribution in [2.75, 3.05) is 0 Å². The quantitative estimate of drug-likeness (QED) is 0.429. The second-order valence-corrected chi connectivity index (χ2v) is 6.30. The van der Waals surface area contributed by atoms with Gasteiger partial charge in [0.2, 0.25) is 0 Å². The van der Waals surface area contributed by atoms with E-state index in [1.165, 1.54) is 30.6 Å². The van der Waals surface area contributed by atoms with Crippen molar-refractivity contribution < 1.29 is 4.79 Å². The van der Waals surface area contributed by atoms with Crippen molar-refractivity contribution in [1.29, 1.82) is 0 Å². The third-order valence-electron chi connectivity index (χ3n) is 2.52. The topological polar surface area (TPSA) is 17.1 Å². The summed E-state index contributed by atoms with van der Waals surface area (Å²) in [4.78, 5) is 12.4. The first-order valence-electron chi connectivity index (χ1n) is 5.74. The molecule has 1 aromatic heterocycles. The Balaban J connectivity index is 2.44. The van der Waals surface area contributed by atoms with E-state index in [1.54, 1.807) is 0 Å². The number of hydrogen-bond donors (Lipinski definition) is 0. The molecule has 0 atom stereocenters. The van der Waals surface area contributed by atoms with Gasteiger partial charge < -0.3 is 0 Å². The molecule has 0 aromatic carbocycles. The zero-order valence-corrected chi connectivity index (χ0v) is 12.8.